The predicted octanol–water partition coefficient (Wildman–Crippen LogP) is 1.26. The molecule has 0 radical (unpaired) electrons. The van der Waals surface area contributed by atoms with Gasteiger partial charge in [-0.15, -0.1) is 0 Å². The third-order valence-electron chi connectivity index (χ3n) is 2.93. The van der Waals surface area contributed by atoms with Crippen molar-refractivity contribution in [3.05, 3.63) is 23.0 Å². The van der Waals surface area contributed by atoms with Crippen molar-refractivity contribution in [1.82, 2.24) is 15.2 Å². The molecule has 17 heavy (non-hydrogen) atoms. The molecule has 0 saturated heterocycles. The molecular formula is C13H23N3O. The van der Waals surface area contributed by atoms with Gasteiger partial charge in [0.25, 0.3) is 0 Å². The fourth-order valence-corrected chi connectivity index (χ4v) is 1.80. The maximum Gasteiger partial charge on any atom is 0.234 e. The number of aryl methyl sites for hydroxylation is 1. The van der Waals surface area contributed by atoms with E-state index in [9.17, 15) is 4.79 Å². The van der Waals surface area contributed by atoms with E-state index in [4.69, 9.17) is 0 Å². The number of aromatic nitrogens is 1. The lowest BCUT2D eigenvalue weighted by Crippen LogP contribution is -2.37. The zero-order chi connectivity index (χ0) is 13.0. The Labute approximate surface area is 103 Å². The van der Waals surface area contributed by atoms with Gasteiger partial charge in [-0.25, -0.2) is 0 Å². The minimum absolute atomic E-state index is 0.0466. The zero-order valence-corrected chi connectivity index (χ0v) is 11.4. The van der Waals surface area contributed by atoms with Crippen LogP contribution < -0.4 is 10.6 Å². The molecule has 1 aromatic heterocycles. The van der Waals surface area contributed by atoms with Gasteiger partial charge in [-0.3, -0.25) is 4.79 Å². The average Bonchev–Trinajstić information content (AvgIpc) is 2.45. The molecule has 1 aromatic rings. The third-order valence-corrected chi connectivity index (χ3v) is 2.93. The highest BCUT2D eigenvalue weighted by Gasteiger charge is 2.07. The van der Waals surface area contributed by atoms with Crippen LogP contribution in [0.3, 0.4) is 0 Å². The minimum Gasteiger partial charge on any atom is -0.353 e. The summed E-state index contributed by atoms with van der Waals surface area (Å²) < 4.78 is 2.16. The minimum atomic E-state index is 0.0466. The Morgan fingerprint density at radius 3 is 2.53 bits per heavy atom. The average molecular weight is 237 g/mol. The topological polar surface area (TPSA) is 46.1 Å². The highest BCUT2D eigenvalue weighted by Crippen LogP contribution is 2.12. The highest BCUT2D eigenvalue weighted by atomic mass is 16.1. The number of nitrogens with one attached hydrogen (secondary N) is 2. The van der Waals surface area contributed by atoms with E-state index in [1.165, 1.54) is 17.0 Å². The van der Waals surface area contributed by atoms with Crippen LogP contribution in [0.1, 0.15) is 30.8 Å². The number of hydrogen-bond acceptors (Lipinski definition) is 2. The van der Waals surface area contributed by atoms with Gasteiger partial charge in [0, 0.05) is 31.0 Å². The molecule has 0 aliphatic heterocycles. The van der Waals surface area contributed by atoms with E-state index in [-0.39, 0.29) is 11.9 Å². The van der Waals surface area contributed by atoms with Gasteiger partial charge in [-0.05, 0) is 39.3 Å². The Bertz CT molecular complexity index is 394. The fraction of sp³-hybridized carbons (Fsp3) is 0.615. The Kier molecular flexibility index (Phi) is 4.75. The number of carbonyl (C=O) groups excluding carboxylic acids is 1. The Balaban J connectivity index is 2.41. The molecule has 0 bridgehead atoms. The summed E-state index contributed by atoms with van der Waals surface area (Å²) in [5, 5.41) is 6.02. The summed E-state index contributed by atoms with van der Waals surface area (Å²) in [6.07, 6.45) is 0. The molecule has 0 spiro atoms. The molecule has 0 saturated carbocycles. The van der Waals surface area contributed by atoms with Crippen molar-refractivity contribution in [2.75, 3.05) is 6.54 Å². The summed E-state index contributed by atoms with van der Waals surface area (Å²) in [4.78, 5) is 11.4. The van der Waals surface area contributed by atoms with Crippen LogP contribution in [0, 0.1) is 13.8 Å². The van der Waals surface area contributed by atoms with Crippen LogP contribution in [-0.2, 0) is 18.4 Å². The number of amides is 1. The lowest BCUT2D eigenvalue weighted by atomic mass is 10.2. The summed E-state index contributed by atoms with van der Waals surface area (Å²) in [6.45, 7) is 9.20. The van der Waals surface area contributed by atoms with E-state index in [1.54, 1.807) is 0 Å². The number of carbonyl (C=O) groups is 1. The summed E-state index contributed by atoms with van der Waals surface area (Å²) in [7, 11) is 2.06. The van der Waals surface area contributed by atoms with E-state index in [0.717, 1.165) is 6.54 Å². The van der Waals surface area contributed by atoms with Crippen molar-refractivity contribution in [3.8, 4) is 0 Å². The summed E-state index contributed by atoms with van der Waals surface area (Å²) in [5.41, 5.74) is 3.74. The van der Waals surface area contributed by atoms with Gasteiger partial charge in [0.15, 0.2) is 0 Å². The van der Waals surface area contributed by atoms with Gasteiger partial charge in [0.1, 0.15) is 0 Å². The molecule has 0 aromatic carbocycles. The maximum absolute atomic E-state index is 11.4. The Hall–Kier alpha value is -1.29. The first-order chi connectivity index (χ1) is 7.91. The largest absolute Gasteiger partial charge is 0.353 e. The van der Waals surface area contributed by atoms with Crippen LogP contribution in [0.15, 0.2) is 6.07 Å². The maximum atomic E-state index is 11.4. The first-order valence-electron chi connectivity index (χ1n) is 6.03. The molecule has 0 aliphatic rings. The van der Waals surface area contributed by atoms with Gasteiger partial charge in [0.2, 0.25) is 5.91 Å². The molecule has 4 nitrogen and oxygen atoms in total. The molecule has 0 aliphatic carbocycles. The van der Waals surface area contributed by atoms with Crippen molar-refractivity contribution >= 4 is 5.91 Å². The molecular weight excluding hydrogens is 214 g/mol. The second-order valence-electron chi connectivity index (χ2n) is 4.78. The van der Waals surface area contributed by atoms with Gasteiger partial charge in [-0.2, -0.15) is 0 Å². The fourth-order valence-electron chi connectivity index (χ4n) is 1.80. The molecule has 0 fully saturated rings. The number of hydrogen-bond donors (Lipinski definition) is 2. The quantitative estimate of drug-likeness (QED) is 0.810. The first-order valence-corrected chi connectivity index (χ1v) is 6.03. The van der Waals surface area contributed by atoms with Crippen molar-refractivity contribution in [1.29, 1.82) is 0 Å². The predicted molar refractivity (Wildman–Crippen MR) is 69.9 cm³/mol. The molecule has 1 amide bonds. The molecule has 1 heterocycles. The molecule has 96 valence electrons. The van der Waals surface area contributed by atoms with E-state index in [2.05, 4.69) is 42.2 Å². The molecule has 4 heteroatoms. The van der Waals surface area contributed by atoms with E-state index in [0.29, 0.717) is 6.54 Å². The van der Waals surface area contributed by atoms with Crippen molar-refractivity contribution in [2.45, 2.75) is 40.3 Å². The summed E-state index contributed by atoms with van der Waals surface area (Å²) >= 11 is 0. The van der Waals surface area contributed by atoms with E-state index in [1.807, 2.05) is 13.8 Å². The molecule has 0 unspecified atom stereocenters. The molecule has 1 rings (SSSR count). The number of nitrogens with zero attached hydrogens (tertiary/aromatic N) is 1. The van der Waals surface area contributed by atoms with Crippen molar-refractivity contribution < 1.29 is 4.79 Å². The van der Waals surface area contributed by atoms with Crippen LogP contribution >= 0.6 is 0 Å². The first kappa shape index (κ1) is 13.8. The van der Waals surface area contributed by atoms with E-state index < -0.39 is 0 Å². The normalized spacial score (nSPS) is 10.9. The molecule has 0 atom stereocenters. The van der Waals surface area contributed by atoms with Gasteiger partial charge < -0.3 is 15.2 Å². The zero-order valence-electron chi connectivity index (χ0n) is 11.4. The van der Waals surface area contributed by atoms with Crippen LogP contribution in [0.5, 0.6) is 0 Å². The third kappa shape index (κ3) is 3.89. The van der Waals surface area contributed by atoms with Gasteiger partial charge >= 0.3 is 0 Å². The van der Waals surface area contributed by atoms with Crippen LogP contribution in [0.25, 0.3) is 0 Å². The Morgan fingerprint density at radius 1 is 1.41 bits per heavy atom. The summed E-state index contributed by atoms with van der Waals surface area (Å²) in [6, 6.07) is 2.35. The van der Waals surface area contributed by atoms with E-state index >= 15 is 0 Å². The van der Waals surface area contributed by atoms with Crippen LogP contribution in [-0.4, -0.2) is 23.1 Å². The molecule has 2 N–H and O–H groups in total. The lowest BCUT2D eigenvalue weighted by Gasteiger charge is -2.09. The lowest BCUT2D eigenvalue weighted by molar-refractivity contribution is -0.120. The second-order valence-corrected chi connectivity index (χ2v) is 4.78. The smallest absolute Gasteiger partial charge is 0.234 e. The number of rotatable bonds is 5. The highest BCUT2D eigenvalue weighted by molar-refractivity contribution is 5.78. The van der Waals surface area contributed by atoms with Crippen molar-refractivity contribution in [3.63, 3.8) is 0 Å². The van der Waals surface area contributed by atoms with Gasteiger partial charge in [-0.1, -0.05) is 0 Å². The van der Waals surface area contributed by atoms with Crippen molar-refractivity contribution in [2.24, 2.45) is 7.05 Å². The monoisotopic (exact) mass is 237 g/mol. The SMILES string of the molecule is Cc1cc(CNCC(=O)NC(C)C)c(C)n1C. The van der Waals surface area contributed by atoms with Crippen LogP contribution in [0.2, 0.25) is 0 Å². The van der Waals surface area contributed by atoms with Crippen LogP contribution in [0.4, 0.5) is 0 Å². The van der Waals surface area contributed by atoms with Gasteiger partial charge in [0.05, 0.1) is 6.54 Å². The summed E-state index contributed by atoms with van der Waals surface area (Å²) in [5.74, 6) is 0.0466. The Morgan fingerprint density at radius 2 is 2.06 bits per heavy atom. The second kappa shape index (κ2) is 5.87. The standard InChI is InChI=1S/C13H23N3O/c1-9(2)15-13(17)8-14-7-12-6-10(3)16(5)11(12)4/h6,9,14H,7-8H2,1-5H3,(H,15,17).